The topological polar surface area (TPSA) is 82.5 Å². The monoisotopic (exact) mass is 433 g/mol. The van der Waals surface area contributed by atoms with Crippen LogP contribution >= 0.6 is 0 Å². The molecule has 0 spiro atoms. The summed E-state index contributed by atoms with van der Waals surface area (Å²) in [7, 11) is 1.56. The van der Waals surface area contributed by atoms with Crippen molar-refractivity contribution in [2.24, 2.45) is 0 Å². The van der Waals surface area contributed by atoms with Crippen molar-refractivity contribution in [3.8, 4) is 11.4 Å². The summed E-state index contributed by atoms with van der Waals surface area (Å²) in [5.74, 6) is -0.0619. The molecule has 174 valence electrons. The number of rotatable bonds is 5. The average molecular weight is 434 g/mol. The highest BCUT2D eigenvalue weighted by Crippen LogP contribution is 2.30. The van der Waals surface area contributed by atoms with Gasteiger partial charge in [0.15, 0.2) is 0 Å². The molecule has 0 fully saturated rings. The van der Waals surface area contributed by atoms with Crippen molar-refractivity contribution >= 4 is 17.6 Å². The van der Waals surface area contributed by atoms with Crippen molar-refractivity contribution < 1.29 is 19.1 Å². The Morgan fingerprint density at radius 1 is 1.13 bits per heavy atom. The number of carbonyl (C=O) groups is 2. The van der Waals surface area contributed by atoms with Crippen LogP contribution in [0.25, 0.3) is 5.69 Å². The van der Waals surface area contributed by atoms with E-state index in [4.69, 9.17) is 9.47 Å². The Labute approximate surface area is 187 Å². The summed E-state index contributed by atoms with van der Waals surface area (Å²) in [5.41, 5.74) is 2.06. The predicted molar refractivity (Wildman–Crippen MR) is 126 cm³/mol. The largest absolute Gasteiger partial charge is 0.497 e. The molecule has 2 aromatic rings. The minimum atomic E-state index is -0.483. The molecule has 2 heterocycles. The highest BCUT2D eigenvalue weighted by molar-refractivity contribution is 5.99. The van der Waals surface area contributed by atoms with E-state index >= 15 is 0 Å². The molecule has 3 rings (SSSR count). The molecule has 1 amide bonds. The van der Waals surface area contributed by atoms with Crippen LogP contribution in [-0.2, 0) is 16.0 Å². The zero-order valence-corrected chi connectivity index (χ0v) is 20.4. The number of amides is 1. The number of anilines is 1. The summed E-state index contributed by atoms with van der Waals surface area (Å²) < 4.78 is 11.8. The van der Waals surface area contributed by atoms with E-state index in [1.54, 1.807) is 36.9 Å². The second-order valence-corrected chi connectivity index (χ2v) is 6.10. The number of methoxy groups -OCH3 is 1. The third-order valence-electron chi connectivity index (χ3n) is 4.11. The number of ether oxygens (including phenoxy) is 2. The van der Waals surface area contributed by atoms with E-state index in [9.17, 15) is 9.59 Å². The molecule has 31 heavy (non-hydrogen) atoms. The molecular formula is C24H39N3O4. The number of hydrogen-bond acceptors (Lipinski definition) is 5. The van der Waals surface area contributed by atoms with Gasteiger partial charge in [-0.05, 0) is 19.1 Å². The van der Waals surface area contributed by atoms with E-state index in [1.807, 2.05) is 27.7 Å². The summed E-state index contributed by atoms with van der Waals surface area (Å²) in [6.07, 6.45) is 5.55. The first-order chi connectivity index (χ1) is 15.0. The molecule has 1 N–H and O–H groups in total. The second kappa shape index (κ2) is 15.9. The molecular weight excluding hydrogens is 394 g/mol. The zero-order chi connectivity index (χ0) is 23.8. The van der Waals surface area contributed by atoms with Gasteiger partial charge in [-0.25, -0.2) is 9.48 Å². The fourth-order valence-electron chi connectivity index (χ4n) is 2.75. The average Bonchev–Trinajstić information content (AvgIpc) is 3.15. The molecule has 7 nitrogen and oxygen atoms in total. The van der Waals surface area contributed by atoms with E-state index < -0.39 is 5.97 Å². The van der Waals surface area contributed by atoms with Crippen LogP contribution in [0.5, 0.6) is 5.75 Å². The summed E-state index contributed by atoms with van der Waals surface area (Å²) >= 11 is 0. The molecule has 0 saturated heterocycles. The SMILES string of the molecule is CC.CC.CCCCC.CCOC(=O)c1cnn2c1CC(=O)Nc1ccc(OC)cc1-2. The molecule has 7 heteroatoms. The van der Waals surface area contributed by atoms with Crippen molar-refractivity contribution in [1.29, 1.82) is 0 Å². The molecule has 0 aliphatic carbocycles. The number of carbonyl (C=O) groups excluding carboxylic acids is 2. The van der Waals surface area contributed by atoms with Crippen LogP contribution in [0.2, 0.25) is 0 Å². The number of esters is 1. The molecule has 1 aliphatic rings. The Bertz CT molecular complexity index is 798. The maximum absolute atomic E-state index is 12.1. The van der Waals surface area contributed by atoms with Gasteiger partial charge < -0.3 is 14.8 Å². The first-order valence-electron chi connectivity index (χ1n) is 11.3. The van der Waals surface area contributed by atoms with Crippen LogP contribution in [0.4, 0.5) is 5.69 Å². The zero-order valence-electron chi connectivity index (χ0n) is 20.4. The summed E-state index contributed by atoms with van der Waals surface area (Å²) in [6.45, 7) is 14.4. The first kappa shape index (κ1) is 28.2. The minimum Gasteiger partial charge on any atom is -0.497 e. The Kier molecular flexibility index (Phi) is 14.5. The van der Waals surface area contributed by atoms with Crippen molar-refractivity contribution in [2.75, 3.05) is 19.0 Å². The van der Waals surface area contributed by atoms with Gasteiger partial charge in [0, 0.05) is 6.07 Å². The maximum Gasteiger partial charge on any atom is 0.341 e. The number of nitrogens with zero attached hydrogens (tertiary/aromatic N) is 2. The van der Waals surface area contributed by atoms with Gasteiger partial charge in [-0.1, -0.05) is 60.8 Å². The molecule has 0 radical (unpaired) electrons. The Hall–Kier alpha value is -2.83. The third-order valence-corrected chi connectivity index (χ3v) is 4.11. The van der Waals surface area contributed by atoms with E-state index in [0.717, 1.165) is 0 Å². The van der Waals surface area contributed by atoms with E-state index in [2.05, 4.69) is 24.3 Å². The number of aromatic nitrogens is 2. The van der Waals surface area contributed by atoms with Gasteiger partial charge in [-0.3, -0.25) is 4.79 Å². The molecule has 1 aromatic carbocycles. The van der Waals surface area contributed by atoms with Crippen LogP contribution in [0.3, 0.4) is 0 Å². The van der Waals surface area contributed by atoms with E-state index in [1.165, 1.54) is 25.5 Å². The minimum absolute atomic E-state index is 0.0468. The lowest BCUT2D eigenvalue weighted by molar-refractivity contribution is -0.115. The molecule has 1 aliphatic heterocycles. The summed E-state index contributed by atoms with van der Waals surface area (Å²) in [4.78, 5) is 24.1. The fraction of sp³-hybridized carbons (Fsp3) is 0.542. The summed E-state index contributed by atoms with van der Waals surface area (Å²) in [6, 6.07) is 5.25. The number of hydrogen-bond donors (Lipinski definition) is 1. The maximum atomic E-state index is 12.1. The number of benzene rings is 1. The highest BCUT2D eigenvalue weighted by atomic mass is 16.5. The lowest BCUT2D eigenvalue weighted by atomic mass is 10.2. The van der Waals surface area contributed by atoms with Gasteiger partial charge in [0.25, 0.3) is 0 Å². The van der Waals surface area contributed by atoms with Crippen molar-refractivity contribution in [1.82, 2.24) is 9.78 Å². The van der Waals surface area contributed by atoms with Crippen molar-refractivity contribution in [3.05, 3.63) is 35.7 Å². The molecule has 0 atom stereocenters. The Balaban J connectivity index is 0.000000867. The van der Waals surface area contributed by atoms with E-state index in [-0.39, 0.29) is 18.9 Å². The van der Waals surface area contributed by atoms with Gasteiger partial charge >= 0.3 is 5.97 Å². The van der Waals surface area contributed by atoms with Crippen molar-refractivity contribution in [2.45, 2.75) is 74.1 Å². The van der Waals surface area contributed by atoms with Gasteiger partial charge in [0.1, 0.15) is 11.3 Å². The van der Waals surface area contributed by atoms with Gasteiger partial charge in [-0.2, -0.15) is 5.10 Å². The predicted octanol–water partition coefficient (Wildman–Crippen LogP) is 5.80. The summed E-state index contributed by atoms with van der Waals surface area (Å²) in [5, 5.41) is 7.04. The second-order valence-electron chi connectivity index (χ2n) is 6.10. The van der Waals surface area contributed by atoms with Gasteiger partial charge in [0.2, 0.25) is 5.91 Å². The van der Waals surface area contributed by atoms with Crippen LogP contribution < -0.4 is 10.1 Å². The molecule has 0 unspecified atom stereocenters. The number of nitrogens with one attached hydrogen (secondary N) is 1. The number of unbranched alkanes of at least 4 members (excludes halogenated alkanes) is 2. The standard InChI is InChI=1S/C15H15N3O4.C5H12.2C2H6/c1-3-22-15(20)10-8-16-18-12(10)7-14(19)17-11-5-4-9(21-2)6-13(11)18;1-3-5-4-2;2*1-2/h4-6,8H,3,7H2,1-2H3,(H,17,19);3-5H2,1-2H3;2*1-2H3. The van der Waals surface area contributed by atoms with E-state index in [0.29, 0.717) is 28.4 Å². The van der Waals surface area contributed by atoms with Gasteiger partial charge in [-0.15, -0.1) is 0 Å². The smallest absolute Gasteiger partial charge is 0.341 e. The first-order valence-corrected chi connectivity index (χ1v) is 11.3. The fourth-order valence-corrected chi connectivity index (χ4v) is 2.75. The van der Waals surface area contributed by atoms with Crippen LogP contribution in [0.1, 0.15) is 83.8 Å². The lowest BCUT2D eigenvalue weighted by Crippen LogP contribution is -2.15. The Morgan fingerprint density at radius 2 is 1.77 bits per heavy atom. The van der Waals surface area contributed by atoms with Crippen molar-refractivity contribution in [3.63, 3.8) is 0 Å². The quantitative estimate of drug-likeness (QED) is 0.603. The van der Waals surface area contributed by atoms with Gasteiger partial charge in [0.05, 0.1) is 43.4 Å². The van der Waals surface area contributed by atoms with Crippen LogP contribution in [0.15, 0.2) is 24.4 Å². The lowest BCUT2D eigenvalue weighted by Gasteiger charge is -2.10. The molecule has 1 aromatic heterocycles. The molecule has 0 saturated carbocycles. The number of fused-ring (bicyclic) bond motifs is 3. The Morgan fingerprint density at radius 3 is 2.29 bits per heavy atom. The van der Waals surface area contributed by atoms with Crippen LogP contribution in [0, 0.1) is 0 Å². The van der Waals surface area contributed by atoms with Crippen LogP contribution in [-0.4, -0.2) is 35.4 Å². The normalized spacial score (nSPS) is 10.8. The molecule has 0 bridgehead atoms. The highest BCUT2D eigenvalue weighted by Gasteiger charge is 2.26. The third kappa shape index (κ3) is 8.07.